The van der Waals surface area contributed by atoms with E-state index in [0.717, 1.165) is 16.9 Å². The molecule has 0 spiro atoms. The lowest BCUT2D eigenvalue weighted by molar-refractivity contribution is -0.135. The molecule has 1 aliphatic carbocycles. The smallest absolute Gasteiger partial charge is 0.245 e. The molecule has 2 amide bonds. The van der Waals surface area contributed by atoms with E-state index in [0.29, 0.717) is 31.4 Å². The maximum absolute atomic E-state index is 13.1. The fourth-order valence-corrected chi connectivity index (χ4v) is 4.60. The third-order valence-corrected chi connectivity index (χ3v) is 6.70. The maximum Gasteiger partial charge on any atom is 0.245 e. The molecular weight excluding hydrogens is 456 g/mol. The molecule has 1 aromatic rings. The minimum atomic E-state index is -1.28. The number of ether oxygens (including phenoxy) is 3. The van der Waals surface area contributed by atoms with Crippen LogP contribution >= 0.6 is 0 Å². The van der Waals surface area contributed by atoms with Crippen LogP contribution in [0, 0.1) is 11.8 Å². The summed E-state index contributed by atoms with van der Waals surface area (Å²) in [6.07, 6.45) is 1.90. The third-order valence-electron chi connectivity index (χ3n) is 6.70. The number of Topliss-reactive ketones (excluding diaryl/α,β-unsaturated/α-hetero) is 1. The zero-order valence-corrected chi connectivity index (χ0v) is 20.8. The summed E-state index contributed by atoms with van der Waals surface area (Å²) in [6.45, 7) is 2.82. The van der Waals surface area contributed by atoms with E-state index >= 15 is 0 Å². The summed E-state index contributed by atoms with van der Waals surface area (Å²) in [6, 6.07) is 1.52. The number of aliphatic hydroxyl groups is 2. The van der Waals surface area contributed by atoms with Gasteiger partial charge in [-0.25, -0.2) is 0 Å². The molecule has 4 atom stereocenters. The number of fused-ring (bicyclic) bond motifs is 1. The molecule has 1 fully saturated rings. The van der Waals surface area contributed by atoms with E-state index < -0.39 is 48.5 Å². The Labute approximate surface area is 205 Å². The fraction of sp³-hybridized carbons (Fsp3) is 0.640. The molecule has 0 saturated carbocycles. The quantitative estimate of drug-likeness (QED) is 0.302. The molecule has 0 radical (unpaired) electrons. The predicted octanol–water partition coefficient (Wildman–Crippen LogP) is 0.147. The van der Waals surface area contributed by atoms with Crippen LogP contribution in [-0.4, -0.2) is 79.5 Å². The summed E-state index contributed by atoms with van der Waals surface area (Å²) >= 11 is 0. The van der Waals surface area contributed by atoms with Crippen LogP contribution in [0.15, 0.2) is 12.1 Å². The SMILES string of the molecule is COc1ccc(OC)c2c1CCC(C(=O)N[C@@H](CO)C(=O)N[C@@H](CC(C)C)C(=O)[C@@]1(CO)CO1)C2. The molecule has 0 aromatic heterocycles. The molecule has 1 heterocycles. The first-order valence-electron chi connectivity index (χ1n) is 11.9. The molecule has 1 aromatic carbocycles. The highest BCUT2D eigenvalue weighted by Crippen LogP contribution is 2.38. The zero-order chi connectivity index (χ0) is 25.8. The van der Waals surface area contributed by atoms with Crippen LogP contribution in [0.1, 0.15) is 37.8 Å². The lowest BCUT2D eigenvalue weighted by atomic mass is 9.82. The van der Waals surface area contributed by atoms with Crippen LogP contribution in [0.2, 0.25) is 0 Å². The lowest BCUT2D eigenvalue weighted by Gasteiger charge is -2.28. The van der Waals surface area contributed by atoms with Gasteiger partial charge in [0.1, 0.15) is 17.5 Å². The maximum atomic E-state index is 13.1. The summed E-state index contributed by atoms with van der Waals surface area (Å²) in [5, 5.41) is 24.7. The molecule has 2 aliphatic rings. The molecule has 4 N–H and O–H groups in total. The number of carbonyl (C=O) groups excluding carboxylic acids is 3. The van der Waals surface area contributed by atoms with Gasteiger partial charge in [-0.15, -0.1) is 0 Å². The van der Waals surface area contributed by atoms with Crippen molar-refractivity contribution < 1.29 is 38.8 Å². The highest BCUT2D eigenvalue weighted by Gasteiger charge is 2.54. The van der Waals surface area contributed by atoms with Crippen LogP contribution in [0.4, 0.5) is 0 Å². The Morgan fingerprint density at radius 2 is 1.71 bits per heavy atom. The Bertz CT molecular complexity index is 944. The van der Waals surface area contributed by atoms with Crippen molar-refractivity contribution >= 4 is 17.6 Å². The molecule has 194 valence electrons. The Kier molecular flexibility index (Phi) is 8.74. The zero-order valence-electron chi connectivity index (χ0n) is 20.8. The van der Waals surface area contributed by atoms with E-state index in [1.165, 1.54) is 0 Å². The van der Waals surface area contributed by atoms with Gasteiger partial charge in [0.15, 0.2) is 11.4 Å². The summed E-state index contributed by atoms with van der Waals surface area (Å²) in [7, 11) is 3.17. The number of benzene rings is 1. The van der Waals surface area contributed by atoms with Crippen molar-refractivity contribution in [1.82, 2.24) is 10.6 Å². The van der Waals surface area contributed by atoms with Gasteiger partial charge in [0.2, 0.25) is 11.8 Å². The first-order valence-corrected chi connectivity index (χ1v) is 11.9. The van der Waals surface area contributed by atoms with Gasteiger partial charge in [0.05, 0.1) is 40.1 Å². The third kappa shape index (κ3) is 5.94. The van der Waals surface area contributed by atoms with Crippen LogP contribution in [0.3, 0.4) is 0 Å². The summed E-state index contributed by atoms with van der Waals surface area (Å²) < 4.78 is 16.1. The largest absolute Gasteiger partial charge is 0.496 e. The van der Waals surface area contributed by atoms with E-state index in [2.05, 4.69) is 10.6 Å². The second kappa shape index (κ2) is 11.4. The number of methoxy groups -OCH3 is 2. The van der Waals surface area contributed by atoms with E-state index in [-0.39, 0.29) is 18.4 Å². The summed E-state index contributed by atoms with van der Waals surface area (Å²) in [4.78, 5) is 38.9. The van der Waals surface area contributed by atoms with Crippen molar-refractivity contribution in [3.05, 3.63) is 23.3 Å². The van der Waals surface area contributed by atoms with Gasteiger partial charge in [-0.3, -0.25) is 14.4 Å². The van der Waals surface area contributed by atoms with Gasteiger partial charge >= 0.3 is 0 Å². The van der Waals surface area contributed by atoms with E-state index in [1.54, 1.807) is 20.3 Å². The topological polar surface area (TPSA) is 147 Å². The number of ketones is 1. The van der Waals surface area contributed by atoms with Crippen LogP contribution in [-0.2, 0) is 32.0 Å². The predicted molar refractivity (Wildman–Crippen MR) is 126 cm³/mol. The van der Waals surface area contributed by atoms with Crippen LogP contribution in [0.5, 0.6) is 11.5 Å². The number of epoxide rings is 1. The second-order valence-corrected chi connectivity index (χ2v) is 9.61. The summed E-state index contributed by atoms with van der Waals surface area (Å²) in [5.74, 6) is -0.359. The summed E-state index contributed by atoms with van der Waals surface area (Å²) in [5.41, 5.74) is 0.618. The normalized spacial score (nSPS) is 22.5. The number of amides is 2. The molecule has 1 unspecified atom stereocenters. The van der Waals surface area contributed by atoms with Crippen LogP contribution < -0.4 is 20.1 Å². The minimum absolute atomic E-state index is 0.0789. The first kappa shape index (κ1) is 26.9. The highest BCUT2D eigenvalue weighted by molar-refractivity contribution is 5.98. The Morgan fingerprint density at radius 1 is 1.09 bits per heavy atom. The van der Waals surface area contributed by atoms with Gasteiger partial charge in [-0.05, 0) is 43.7 Å². The van der Waals surface area contributed by atoms with Crippen molar-refractivity contribution in [2.75, 3.05) is 34.0 Å². The number of rotatable bonds is 12. The van der Waals surface area contributed by atoms with Gasteiger partial charge in [0, 0.05) is 17.0 Å². The molecule has 0 bridgehead atoms. The van der Waals surface area contributed by atoms with E-state index in [1.807, 2.05) is 19.9 Å². The Morgan fingerprint density at radius 3 is 2.23 bits per heavy atom. The second-order valence-electron chi connectivity index (χ2n) is 9.61. The van der Waals surface area contributed by atoms with Crippen molar-refractivity contribution in [2.24, 2.45) is 11.8 Å². The van der Waals surface area contributed by atoms with Crippen molar-refractivity contribution in [3.63, 3.8) is 0 Å². The van der Waals surface area contributed by atoms with Crippen LogP contribution in [0.25, 0.3) is 0 Å². The van der Waals surface area contributed by atoms with Crippen molar-refractivity contribution in [1.29, 1.82) is 0 Å². The Balaban J connectivity index is 1.68. The van der Waals surface area contributed by atoms with Gasteiger partial charge in [-0.2, -0.15) is 0 Å². The lowest BCUT2D eigenvalue weighted by Crippen LogP contribution is -2.56. The highest BCUT2D eigenvalue weighted by atomic mass is 16.6. The van der Waals surface area contributed by atoms with E-state index in [4.69, 9.17) is 14.2 Å². The fourth-order valence-electron chi connectivity index (χ4n) is 4.60. The van der Waals surface area contributed by atoms with Crippen molar-refractivity contribution in [2.45, 2.75) is 57.2 Å². The first-order chi connectivity index (χ1) is 16.7. The molecule has 1 aliphatic heterocycles. The number of nitrogens with one attached hydrogen (secondary N) is 2. The minimum Gasteiger partial charge on any atom is -0.496 e. The number of hydrogen-bond acceptors (Lipinski definition) is 8. The average Bonchev–Trinajstić information content (AvgIpc) is 3.66. The number of aliphatic hydroxyl groups excluding tert-OH is 2. The standard InChI is InChI=1S/C25H36N2O8/c1-14(2)9-18(22(30)25(12-29)13-35-25)26-24(32)19(11-28)27-23(31)15-5-6-16-17(10-15)21(34-4)8-7-20(16)33-3/h7-8,14-15,18-19,28-29H,5-6,9-13H2,1-4H3,(H,26,32)(H,27,31)/t15?,18-,19-,25+/m0/s1. The molecule has 10 nitrogen and oxygen atoms in total. The molecule has 35 heavy (non-hydrogen) atoms. The van der Waals surface area contributed by atoms with Gasteiger partial charge in [-0.1, -0.05) is 13.8 Å². The average molecular weight is 493 g/mol. The molecular formula is C25H36N2O8. The molecule has 1 saturated heterocycles. The van der Waals surface area contributed by atoms with Gasteiger partial charge in [0.25, 0.3) is 0 Å². The number of carbonyl (C=O) groups is 3. The van der Waals surface area contributed by atoms with E-state index in [9.17, 15) is 24.6 Å². The Hall–Kier alpha value is -2.69. The van der Waals surface area contributed by atoms with Crippen molar-refractivity contribution in [3.8, 4) is 11.5 Å². The number of hydrogen-bond donors (Lipinski definition) is 4. The molecule has 10 heteroatoms. The van der Waals surface area contributed by atoms with Gasteiger partial charge < -0.3 is 35.1 Å². The monoisotopic (exact) mass is 492 g/mol. The molecule has 3 rings (SSSR count).